The van der Waals surface area contributed by atoms with Crippen LogP contribution in [-0.2, 0) is 0 Å². The minimum Gasteiger partial charge on any atom is -0.465 e. The molecule has 1 rings (SSSR count). The molecule has 0 aliphatic rings. The van der Waals surface area contributed by atoms with Crippen molar-refractivity contribution >= 4 is 5.69 Å². The van der Waals surface area contributed by atoms with Crippen molar-refractivity contribution in [3.05, 3.63) is 46.7 Å². The Hall–Kier alpha value is -1.84. The number of ether oxygens (including phenoxy) is 1. The fourth-order valence-electron chi connectivity index (χ4n) is 0.869. The van der Waals surface area contributed by atoms with Gasteiger partial charge in [0.1, 0.15) is 5.75 Å². The fraction of sp³-hybridized carbons (Fsp3) is 0.200. The van der Waals surface area contributed by atoms with Gasteiger partial charge >= 0.3 is 0 Å². The van der Waals surface area contributed by atoms with E-state index >= 15 is 0 Å². The Kier molecular flexibility index (Phi) is 3.67. The maximum Gasteiger partial charge on any atom is 0.269 e. The summed E-state index contributed by atoms with van der Waals surface area (Å²) in [6.45, 7) is 2.00. The number of hydrogen-bond donors (Lipinski definition) is 0. The molecule has 0 heterocycles. The first-order valence-electron chi connectivity index (χ1n) is 4.30. The van der Waals surface area contributed by atoms with E-state index in [1.54, 1.807) is 18.4 Å². The molecule has 1 aromatic rings. The fourth-order valence-corrected chi connectivity index (χ4v) is 0.869. The van der Waals surface area contributed by atoms with Crippen LogP contribution >= 0.6 is 0 Å². The molecule has 0 unspecified atom stereocenters. The largest absolute Gasteiger partial charge is 0.465 e. The molecule has 0 fully saturated rings. The molecule has 74 valence electrons. The molecular formula is C10H11NO3. The lowest BCUT2D eigenvalue weighted by atomic mass is 10.3. The summed E-state index contributed by atoms with van der Waals surface area (Å²) in [6.07, 6.45) is 4.33. The Labute approximate surface area is 82.0 Å². The van der Waals surface area contributed by atoms with Gasteiger partial charge in [-0.2, -0.15) is 0 Å². The lowest BCUT2D eigenvalue weighted by molar-refractivity contribution is -0.384. The molecule has 14 heavy (non-hydrogen) atoms. The Balaban J connectivity index is 2.64. The van der Waals surface area contributed by atoms with Crippen LogP contribution in [-0.4, -0.2) is 4.92 Å². The number of nitrogens with zero attached hydrogens (tertiary/aromatic N) is 1. The van der Waals surface area contributed by atoms with Crippen LogP contribution in [0.1, 0.15) is 13.3 Å². The van der Waals surface area contributed by atoms with Crippen LogP contribution in [0.3, 0.4) is 0 Å². The summed E-state index contributed by atoms with van der Waals surface area (Å²) >= 11 is 0. The summed E-state index contributed by atoms with van der Waals surface area (Å²) < 4.78 is 5.18. The van der Waals surface area contributed by atoms with Crippen LogP contribution in [0, 0.1) is 10.1 Å². The highest BCUT2D eigenvalue weighted by Gasteiger charge is 2.03. The molecule has 0 radical (unpaired) electrons. The standard InChI is InChI=1S/C10H11NO3/c1-2-3-8-14-10-6-4-9(5-7-10)11(12)13/h3-8H,2H2,1H3. The van der Waals surface area contributed by atoms with E-state index in [-0.39, 0.29) is 5.69 Å². The monoisotopic (exact) mass is 193 g/mol. The van der Waals surface area contributed by atoms with E-state index < -0.39 is 4.92 Å². The quantitative estimate of drug-likeness (QED) is 0.419. The molecule has 4 heteroatoms. The molecule has 0 N–H and O–H groups in total. The van der Waals surface area contributed by atoms with E-state index in [1.807, 2.05) is 13.0 Å². The lowest BCUT2D eigenvalue weighted by Gasteiger charge is -1.98. The third-order valence-electron chi connectivity index (χ3n) is 1.58. The summed E-state index contributed by atoms with van der Waals surface area (Å²) in [5, 5.41) is 10.3. The number of allylic oxidation sites excluding steroid dienone is 1. The maximum atomic E-state index is 10.3. The predicted octanol–water partition coefficient (Wildman–Crippen LogP) is 2.90. The first-order valence-corrected chi connectivity index (χ1v) is 4.30. The SMILES string of the molecule is CCC=COc1ccc([N+](=O)[O-])cc1. The Bertz CT molecular complexity index is 330. The van der Waals surface area contributed by atoms with Crippen LogP contribution in [0.2, 0.25) is 0 Å². The first-order chi connectivity index (χ1) is 6.74. The highest BCUT2D eigenvalue weighted by Crippen LogP contribution is 2.17. The third kappa shape index (κ3) is 2.90. The number of hydrogen-bond acceptors (Lipinski definition) is 3. The number of nitro benzene ring substituents is 1. The van der Waals surface area contributed by atoms with E-state index in [1.165, 1.54) is 12.1 Å². The number of non-ortho nitro benzene ring substituents is 1. The predicted molar refractivity (Wildman–Crippen MR) is 53.2 cm³/mol. The second kappa shape index (κ2) is 5.01. The molecule has 0 amide bonds. The Morgan fingerprint density at radius 2 is 2.07 bits per heavy atom. The van der Waals surface area contributed by atoms with Gasteiger partial charge in [-0.25, -0.2) is 0 Å². The molecule has 1 aromatic carbocycles. The van der Waals surface area contributed by atoms with Crippen LogP contribution in [0.5, 0.6) is 5.75 Å². The van der Waals surface area contributed by atoms with Gasteiger partial charge in [-0.05, 0) is 24.6 Å². The summed E-state index contributed by atoms with van der Waals surface area (Å²) in [6, 6.07) is 5.96. The van der Waals surface area contributed by atoms with Crippen molar-refractivity contribution in [1.29, 1.82) is 0 Å². The lowest BCUT2D eigenvalue weighted by Crippen LogP contribution is -1.87. The van der Waals surface area contributed by atoms with Gasteiger partial charge in [-0.1, -0.05) is 6.92 Å². The normalized spacial score (nSPS) is 10.4. The number of rotatable bonds is 4. The van der Waals surface area contributed by atoms with E-state index in [0.717, 1.165) is 6.42 Å². The Morgan fingerprint density at radius 3 is 2.57 bits per heavy atom. The summed E-state index contributed by atoms with van der Waals surface area (Å²) in [5.74, 6) is 0.598. The minimum atomic E-state index is -0.439. The molecule has 0 bridgehead atoms. The van der Waals surface area contributed by atoms with Crippen molar-refractivity contribution < 1.29 is 9.66 Å². The van der Waals surface area contributed by atoms with Crippen LogP contribution in [0.4, 0.5) is 5.69 Å². The van der Waals surface area contributed by atoms with Gasteiger partial charge < -0.3 is 4.74 Å². The molecule has 0 spiro atoms. The third-order valence-corrected chi connectivity index (χ3v) is 1.58. The molecule has 0 saturated heterocycles. The van der Waals surface area contributed by atoms with Crippen molar-refractivity contribution in [3.8, 4) is 5.75 Å². The van der Waals surface area contributed by atoms with Gasteiger partial charge in [0, 0.05) is 12.1 Å². The van der Waals surface area contributed by atoms with E-state index in [4.69, 9.17) is 4.74 Å². The van der Waals surface area contributed by atoms with Gasteiger partial charge in [-0.3, -0.25) is 10.1 Å². The van der Waals surface area contributed by atoms with Crippen LogP contribution in [0.25, 0.3) is 0 Å². The van der Waals surface area contributed by atoms with Gasteiger partial charge in [-0.15, -0.1) is 0 Å². The topological polar surface area (TPSA) is 52.4 Å². The highest BCUT2D eigenvalue weighted by molar-refractivity contribution is 5.36. The van der Waals surface area contributed by atoms with Gasteiger partial charge in [0.2, 0.25) is 0 Å². The molecule has 0 saturated carbocycles. The van der Waals surface area contributed by atoms with Crippen molar-refractivity contribution in [2.45, 2.75) is 13.3 Å². The van der Waals surface area contributed by atoms with Gasteiger partial charge in [0.25, 0.3) is 5.69 Å². The molecular weight excluding hydrogens is 182 g/mol. The molecule has 0 aliphatic heterocycles. The highest BCUT2D eigenvalue weighted by atomic mass is 16.6. The maximum absolute atomic E-state index is 10.3. The molecule has 0 aliphatic carbocycles. The van der Waals surface area contributed by atoms with E-state index in [2.05, 4.69) is 0 Å². The van der Waals surface area contributed by atoms with Crippen molar-refractivity contribution in [2.75, 3.05) is 0 Å². The van der Waals surface area contributed by atoms with Crippen molar-refractivity contribution in [3.63, 3.8) is 0 Å². The smallest absolute Gasteiger partial charge is 0.269 e. The Morgan fingerprint density at radius 1 is 1.43 bits per heavy atom. The van der Waals surface area contributed by atoms with Crippen molar-refractivity contribution in [1.82, 2.24) is 0 Å². The zero-order valence-corrected chi connectivity index (χ0v) is 7.84. The summed E-state index contributed by atoms with van der Waals surface area (Å²) in [7, 11) is 0. The average Bonchev–Trinajstić information content (AvgIpc) is 2.19. The molecule has 0 aromatic heterocycles. The summed E-state index contributed by atoms with van der Waals surface area (Å²) in [5.41, 5.74) is 0.0665. The second-order valence-corrected chi connectivity index (χ2v) is 2.65. The van der Waals surface area contributed by atoms with Crippen LogP contribution in [0.15, 0.2) is 36.6 Å². The molecule has 4 nitrogen and oxygen atoms in total. The first kappa shape index (κ1) is 10.2. The minimum absolute atomic E-state index is 0.0665. The average molecular weight is 193 g/mol. The summed E-state index contributed by atoms with van der Waals surface area (Å²) in [4.78, 5) is 9.88. The van der Waals surface area contributed by atoms with E-state index in [9.17, 15) is 10.1 Å². The second-order valence-electron chi connectivity index (χ2n) is 2.65. The number of nitro groups is 1. The van der Waals surface area contributed by atoms with Gasteiger partial charge in [0.05, 0.1) is 11.2 Å². The van der Waals surface area contributed by atoms with E-state index in [0.29, 0.717) is 5.75 Å². The zero-order valence-electron chi connectivity index (χ0n) is 7.84. The van der Waals surface area contributed by atoms with Crippen molar-refractivity contribution in [2.24, 2.45) is 0 Å². The molecule has 0 atom stereocenters. The number of benzene rings is 1. The van der Waals surface area contributed by atoms with Crippen LogP contribution < -0.4 is 4.74 Å². The van der Waals surface area contributed by atoms with Gasteiger partial charge in [0.15, 0.2) is 0 Å². The zero-order chi connectivity index (χ0) is 10.4.